The summed E-state index contributed by atoms with van der Waals surface area (Å²) in [4.78, 5) is 11.5. The van der Waals surface area contributed by atoms with Crippen LogP contribution in [0.4, 0.5) is 0 Å². The first kappa shape index (κ1) is 16.8. The Labute approximate surface area is 128 Å². The van der Waals surface area contributed by atoms with Gasteiger partial charge in [0.15, 0.2) is 6.29 Å². The fourth-order valence-electron chi connectivity index (χ4n) is 3.63. The van der Waals surface area contributed by atoms with Crippen molar-refractivity contribution in [2.75, 3.05) is 13.2 Å². The van der Waals surface area contributed by atoms with Gasteiger partial charge < -0.3 is 14.2 Å². The molecule has 0 bridgehead atoms. The fraction of sp³-hybridized carbons (Fsp3) is 0.941. The molecule has 122 valence electrons. The second-order valence-electron chi connectivity index (χ2n) is 6.92. The van der Waals surface area contributed by atoms with E-state index in [2.05, 4.69) is 13.8 Å². The van der Waals surface area contributed by atoms with E-state index in [1.54, 1.807) is 0 Å². The Bertz CT molecular complexity index is 326. The van der Waals surface area contributed by atoms with E-state index in [1.165, 1.54) is 6.92 Å². The molecule has 0 radical (unpaired) electrons. The maximum absolute atomic E-state index is 11.5. The molecule has 4 heteroatoms. The molecule has 21 heavy (non-hydrogen) atoms. The molecule has 4 nitrogen and oxygen atoms in total. The molecule has 1 heterocycles. The van der Waals surface area contributed by atoms with E-state index in [9.17, 15) is 4.79 Å². The summed E-state index contributed by atoms with van der Waals surface area (Å²) in [6.07, 6.45) is 6.77. The van der Waals surface area contributed by atoms with Crippen molar-refractivity contribution in [3.8, 4) is 0 Å². The molecule has 0 atom stereocenters. The predicted molar refractivity (Wildman–Crippen MR) is 80.8 cm³/mol. The molecular formula is C17H30O4. The van der Waals surface area contributed by atoms with Crippen molar-refractivity contribution in [3.05, 3.63) is 0 Å². The Balaban J connectivity index is 1.89. The van der Waals surface area contributed by atoms with Gasteiger partial charge in [-0.1, -0.05) is 13.8 Å². The summed E-state index contributed by atoms with van der Waals surface area (Å²) < 4.78 is 17.0. The third kappa shape index (κ3) is 4.96. The molecule has 2 rings (SSSR count). The summed E-state index contributed by atoms with van der Waals surface area (Å²) in [5.41, 5.74) is -0.290. The highest BCUT2D eigenvalue weighted by Gasteiger charge is 2.39. The number of carbonyl (C=O) groups excluding carboxylic acids is 1. The molecule has 1 aliphatic carbocycles. The van der Waals surface area contributed by atoms with Crippen molar-refractivity contribution in [2.45, 2.75) is 77.6 Å². The van der Waals surface area contributed by atoms with Crippen LogP contribution in [0.3, 0.4) is 0 Å². The van der Waals surface area contributed by atoms with Crippen LogP contribution < -0.4 is 0 Å². The first-order chi connectivity index (χ1) is 10.0. The lowest BCUT2D eigenvalue weighted by molar-refractivity contribution is -0.193. The number of carbonyl (C=O) groups is 1. The first-order valence-electron chi connectivity index (χ1n) is 8.43. The van der Waals surface area contributed by atoms with E-state index in [0.29, 0.717) is 5.92 Å². The van der Waals surface area contributed by atoms with Gasteiger partial charge in [-0.05, 0) is 50.4 Å². The summed E-state index contributed by atoms with van der Waals surface area (Å²) in [6, 6.07) is 0. The lowest BCUT2D eigenvalue weighted by atomic mass is 9.73. The smallest absolute Gasteiger partial charge is 0.303 e. The van der Waals surface area contributed by atoms with E-state index in [-0.39, 0.29) is 17.9 Å². The molecule has 1 saturated carbocycles. The summed E-state index contributed by atoms with van der Waals surface area (Å²) >= 11 is 0. The van der Waals surface area contributed by atoms with Crippen LogP contribution in [0.25, 0.3) is 0 Å². The van der Waals surface area contributed by atoms with Gasteiger partial charge in [-0.25, -0.2) is 0 Å². The zero-order valence-electron chi connectivity index (χ0n) is 13.7. The van der Waals surface area contributed by atoms with Gasteiger partial charge in [0.1, 0.15) is 5.60 Å². The minimum absolute atomic E-state index is 0.117. The van der Waals surface area contributed by atoms with E-state index >= 15 is 0 Å². The lowest BCUT2D eigenvalue weighted by Crippen LogP contribution is -2.41. The maximum Gasteiger partial charge on any atom is 0.303 e. The molecule has 0 aromatic rings. The monoisotopic (exact) mass is 298 g/mol. The molecule has 2 aliphatic rings. The quantitative estimate of drug-likeness (QED) is 0.726. The van der Waals surface area contributed by atoms with Crippen LogP contribution in [0.2, 0.25) is 0 Å². The minimum Gasteiger partial charge on any atom is -0.459 e. The standard InChI is InChI=1S/C17H30O4/c1-13(2)15-5-8-17(9-6-15,21-14(3)18)10-7-16-19-11-4-12-20-16/h13,15-16H,4-12H2,1-3H3. The van der Waals surface area contributed by atoms with Crippen molar-refractivity contribution in [1.82, 2.24) is 0 Å². The van der Waals surface area contributed by atoms with E-state index in [4.69, 9.17) is 14.2 Å². The summed E-state index contributed by atoms with van der Waals surface area (Å²) in [6.45, 7) is 7.64. The Kier molecular flexibility index (Phi) is 6.06. The molecule has 2 fully saturated rings. The molecular weight excluding hydrogens is 268 g/mol. The van der Waals surface area contributed by atoms with E-state index < -0.39 is 0 Å². The van der Waals surface area contributed by atoms with Crippen molar-refractivity contribution in [1.29, 1.82) is 0 Å². The SMILES string of the molecule is CC(=O)OC1(CCC2OCCCO2)CCC(C(C)C)CC1. The van der Waals surface area contributed by atoms with Gasteiger partial charge in [0.05, 0.1) is 13.2 Å². The number of rotatable bonds is 5. The Morgan fingerprint density at radius 3 is 2.38 bits per heavy atom. The van der Waals surface area contributed by atoms with Crippen molar-refractivity contribution < 1.29 is 19.0 Å². The first-order valence-corrected chi connectivity index (χ1v) is 8.43. The van der Waals surface area contributed by atoms with Gasteiger partial charge in [-0.3, -0.25) is 4.79 Å². The molecule has 0 unspecified atom stereocenters. The van der Waals surface area contributed by atoms with Crippen LogP contribution in [0, 0.1) is 11.8 Å². The number of hydrogen-bond acceptors (Lipinski definition) is 4. The van der Waals surface area contributed by atoms with Crippen molar-refractivity contribution >= 4 is 5.97 Å². The zero-order chi connectivity index (χ0) is 15.3. The molecule has 0 aromatic heterocycles. The van der Waals surface area contributed by atoms with Crippen LogP contribution in [0.1, 0.15) is 65.7 Å². The second kappa shape index (κ2) is 7.59. The van der Waals surface area contributed by atoms with Crippen molar-refractivity contribution in [3.63, 3.8) is 0 Å². The van der Waals surface area contributed by atoms with Gasteiger partial charge in [0.2, 0.25) is 0 Å². The molecule has 0 aromatic carbocycles. The Hall–Kier alpha value is -0.610. The van der Waals surface area contributed by atoms with Gasteiger partial charge in [0.25, 0.3) is 0 Å². The summed E-state index contributed by atoms with van der Waals surface area (Å²) in [5, 5.41) is 0. The highest BCUT2D eigenvalue weighted by Crippen LogP contribution is 2.41. The topological polar surface area (TPSA) is 44.8 Å². The van der Waals surface area contributed by atoms with Crippen LogP contribution >= 0.6 is 0 Å². The largest absolute Gasteiger partial charge is 0.459 e. The molecule has 0 spiro atoms. The summed E-state index contributed by atoms with van der Waals surface area (Å²) in [7, 11) is 0. The van der Waals surface area contributed by atoms with Crippen LogP contribution in [-0.2, 0) is 19.0 Å². The number of esters is 1. The fourth-order valence-corrected chi connectivity index (χ4v) is 3.63. The second-order valence-corrected chi connectivity index (χ2v) is 6.92. The van der Waals surface area contributed by atoms with Crippen molar-refractivity contribution in [2.24, 2.45) is 11.8 Å². The normalized spacial score (nSPS) is 31.3. The highest BCUT2D eigenvalue weighted by molar-refractivity contribution is 5.66. The Morgan fingerprint density at radius 1 is 1.24 bits per heavy atom. The van der Waals surface area contributed by atoms with E-state index in [0.717, 1.165) is 64.1 Å². The Morgan fingerprint density at radius 2 is 1.86 bits per heavy atom. The third-order valence-corrected chi connectivity index (χ3v) is 4.98. The third-order valence-electron chi connectivity index (χ3n) is 4.98. The zero-order valence-corrected chi connectivity index (χ0v) is 13.7. The maximum atomic E-state index is 11.5. The molecule has 0 amide bonds. The minimum atomic E-state index is -0.290. The average molecular weight is 298 g/mol. The molecule has 1 aliphatic heterocycles. The van der Waals surface area contributed by atoms with Gasteiger partial charge >= 0.3 is 5.97 Å². The van der Waals surface area contributed by atoms with Crippen LogP contribution in [-0.4, -0.2) is 31.1 Å². The molecule has 1 saturated heterocycles. The van der Waals surface area contributed by atoms with Gasteiger partial charge in [-0.2, -0.15) is 0 Å². The average Bonchev–Trinajstić information content (AvgIpc) is 2.46. The number of ether oxygens (including phenoxy) is 3. The lowest BCUT2D eigenvalue weighted by Gasteiger charge is -2.41. The molecule has 0 N–H and O–H groups in total. The van der Waals surface area contributed by atoms with Gasteiger partial charge in [0, 0.05) is 13.3 Å². The highest BCUT2D eigenvalue weighted by atomic mass is 16.7. The van der Waals surface area contributed by atoms with Crippen LogP contribution in [0.5, 0.6) is 0 Å². The number of hydrogen-bond donors (Lipinski definition) is 0. The predicted octanol–water partition coefficient (Wildman–Crippen LogP) is 3.68. The summed E-state index contributed by atoms with van der Waals surface area (Å²) in [5.74, 6) is 1.31. The van der Waals surface area contributed by atoms with Gasteiger partial charge in [-0.15, -0.1) is 0 Å². The van der Waals surface area contributed by atoms with E-state index in [1.807, 2.05) is 0 Å². The van der Waals surface area contributed by atoms with Crippen LogP contribution in [0.15, 0.2) is 0 Å².